The lowest BCUT2D eigenvalue weighted by atomic mass is 10.0. The topological polar surface area (TPSA) is 90.5 Å². The number of carbonyl (C=O) groups excluding carboxylic acids is 3. The molecule has 2 aliphatic rings. The number of hydrogen-bond donors (Lipinski definition) is 3. The van der Waals surface area contributed by atoms with Crippen LogP contribution in [0.5, 0.6) is 0 Å². The minimum Gasteiger partial charge on any atom is -0.322 e. The van der Waals surface area contributed by atoms with Crippen LogP contribution in [0.4, 0.5) is 0 Å². The van der Waals surface area contributed by atoms with E-state index in [0.717, 1.165) is 24.1 Å². The Bertz CT molecular complexity index is 719. The summed E-state index contributed by atoms with van der Waals surface area (Å²) in [6.07, 6.45) is 1.70. The van der Waals surface area contributed by atoms with E-state index < -0.39 is 6.04 Å². The summed E-state index contributed by atoms with van der Waals surface area (Å²) in [7, 11) is 1.94. The summed E-state index contributed by atoms with van der Waals surface area (Å²) in [5.74, 6) is -0.765. The van der Waals surface area contributed by atoms with Gasteiger partial charge in [0.15, 0.2) is 0 Å². The van der Waals surface area contributed by atoms with Gasteiger partial charge in [-0.15, -0.1) is 0 Å². The van der Waals surface area contributed by atoms with Crippen molar-refractivity contribution in [1.29, 1.82) is 0 Å². The van der Waals surface area contributed by atoms with Gasteiger partial charge in [0, 0.05) is 31.1 Å². The summed E-state index contributed by atoms with van der Waals surface area (Å²) in [6.45, 7) is 4.22. The van der Waals surface area contributed by atoms with Gasteiger partial charge < -0.3 is 15.5 Å². The van der Waals surface area contributed by atoms with Crippen molar-refractivity contribution in [2.45, 2.75) is 51.4 Å². The van der Waals surface area contributed by atoms with Crippen molar-refractivity contribution in [3.63, 3.8) is 0 Å². The fraction of sp³-hybridized carbons (Fsp3) is 0.526. The zero-order valence-electron chi connectivity index (χ0n) is 15.3. The summed E-state index contributed by atoms with van der Waals surface area (Å²) in [5.41, 5.74) is 2.65. The summed E-state index contributed by atoms with van der Waals surface area (Å²) in [4.78, 5) is 37.8. The van der Waals surface area contributed by atoms with Gasteiger partial charge in [-0.25, -0.2) is 0 Å². The lowest BCUT2D eigenvalue weighted by Gasteiger charge is -2.29. The maximum atomic E-state index is 12.8. The zero-order valence-corrected chi connectivity index (χ0v) is 15.3. The summed E-state index contributed by atoms with van der Waals surface area (Å²) < 4.78 is 0. The number of benzene rings is 1. The van der Waals surface area contributed by atoms with Crippen molar-refractivity contribution in [3.8, 4) is 0 Å². The van der Waals surface area contributed by atoms with Gasteiger partial charge in [-0.2, -0.15) is 0 Å². The molecule has 7 heteroatoms. The fourth-order valence-corrected chi connectivity index (χ4v) is 3.47. The third kappa shape index (κ3) is 3.94. The number of hydrogen-bond acceptors (Lipinski definition) is 5. The smallest absolute Gasteiger partial charge is 0.255 e. The first-order valence-electron chi connectivity index (χ1n) is 9.14. The molecular formula is C19H26N4O3. The van der Waals surface area contributed by atoms with E-state index in [1.165, 1.54) is 0 Å². The van der Waals surface area contributed by atoms with Crippen LogP contribution >= 0.6 is 0 Å². The van der Waals surface area contributed by atoms with Gasteiger partial charge in [0.2, 0.25) is 11.8 Å². The number of amides is 3. The Morgan fingerprint density at radius 1 is 1.31 bits per heavy atom. The molecule has 7 nitrogen and oxygen atoms in total. The minimum atomic E-state index is -0.559. The highest BCUT2D eigenvalue weighted by molar-refractivity contribution is 6.05. The maximum absolute atomic E-state index is 12.8. The molecule has 0 aromatic heterocycles. The molecule has 2 heterocycles. The Hall–Kier alpha value is -2.25. The predicted molar refractivity (Wildman–Crippen MR) is 97.3 cm³/mol. The van der Waals surface area contributed by atoms with Crippen molar-refractivity contribution >= 4 is 17.7 Å². The first kappa shape index (κ1) is 18.5. The molecule has 3 rings (SSSR count). The number of rotatable bonds is 7. The molecule has 1 fully saturated rings. The average molecular weight is 358 g/mol. The standard InChI is InChI=1S/C19H26N4O3/c1-12(7-8-20-2)21-10-13-3-4-14-11-23(19(26)15(14)9-13)16-5-6-17(24)22-18(16)25/h3-4,9,12,16,20-21H,5-8,10-11H2,1-2H3,(H,22,24,25). The van der Waals surface area contributed by atoms with Gasteiger partial charge >= 0.3 is 0 Å². The first-order chi connectivity index (χ1) is 12.5. The van der Waals surface area contributed by atoms with Crippen LogP contribution in [0.3, 0.4) is 0 Å². The molecule has 2 aliphatic heterocycles. The first-order valence-corrected chi connectivity index (χ1v) is 9.14. The van der Waals surface area contributed by atoms with Crippen molar-refractivity contribution in [1.82, 2.24) is 20.9 Å². The lowest BCUT2D eigenvalue weighted by molar-refractivity contribution is -0.136. The van der Waals surface area contributed by atoms with Crippen LogP contribution in [-0.4, -0.2) is 48.3 Å². The van der Waals surface area contributed by atoms with Crippen LogP contribution in [0.15, 0.2) is 18.2 Å². The Kier molecular flexibility index (Phi) is 5.68. The highest BCUT2D eigenvalue weighted by Crippen LogP contribution is 2.28. The molecule has 0 saturated carbocycles. The van der Waals surface area contributed by atoms with E-state index in [2.05, 4.69) is 22.9 Å². The molecule has 0 aliphatic carbocycles. The molecular weight excluding hydrogens is 332 g/mol. The van der Waals surface area contributed by atoms with Crippen molar-refractivity contribution in [2.75, 3.05) is 13.6 Å². The molecule has 0 radical (unpaired) electrons. The molecule has 26 heavy (non-hydrogen) atoms. The van der Waals surface area contributed by atoms with Crippen molar-refractivity contribution in [3.05, 3.63) is 34.9 Å². The third-order valence-corrected chi connectivity index (χ3v) is 5.07. The molecule has 1 saturated heterocycles. The average Bonchev–Trinajstić information content (AvgIpc) is 2.94. The van der Waals surface area contributed by atoms with Crippen LogP contribution in [0.1, 0.15) is 47.7 Å². The number of fused-ring (bicyclic) bond motifs is 1. The Labute approximate surface area is 153 Å². The van der Waals surface area contributed by atoms with Gasteiger partial charge in [-0.3, -0.25) is 19.7 Å². The Morgan fingerprint density at radius 2 is 2.12 bits per heavy atom. The number of carbonyl (C=O) groups is 3. The normalized spacial score (nSPS) is 20.9. The number of piperidine rings is 1. The van der Waals surface area contributed by atoms with Crippen LogP contribution < -0.4 is 16.0 Å². The molecule has 0 spiro atoms. The zero-order chi connectivity index (χ0) is 18.7. The maximum Gasteiger partial charge on any atom is 0.255 e. The van der Waals surface area contributed by atoms with Crippen molar-refractivity contribution in [2.24, 2.45) is 0 Å². The Balaban J connectivity index is 1.65. The molecule has 3 amide bonds. The number of nitrogens with zero attached hydrogens (tertiary/aromatic N) is 1. The summed E-state index contributed by atoms with van der Waals surface area (Å²) in [5, 5.41) is 8.92. The molecule has 2 unspecified atom stereocenters. The number of imide groups is 1. The highest BCUT2D eigenvalue weighted by atomic mass is 16.2. The molecule has 2 atom stereocenters. The quantitative estimate of drug-likeness (QED) is 0.619. The predicted octanol–water partition coefficient (Wildman–Crippen LogP) is 0.535. The Morgan fingerprint density at radius 3 is 2.85 bits per heavy atom. The third-order valence-electron chi connectivity index (χ3n) is 5.07. The molecule has 1 aromatic rings. The minimum absolute atomic E-state index is 0.125. The number of nitrogens with one attached hydrogen (secondary N) is 3. The van der Waals surface area contributed by atoms with Gasteiger partial charge in [0.25, 0.3) is 5.91 Å². The molecule has 3 N–H and O–H groups in total. The van der Waals surface area contributed by atoms with E-state index in [0.29, 0.717) is 31.1 Å². The van der Waals surface area contributed by atoms with E-state index in [9.17, 15) is 14.4 Å². The van der Waals surface area contributed by atoms with Gasteiger partial charge in [0.05, 0.1) is 0 Å². The largest absolute Gasteiger partial charge is 0.322 e. The fourth-order valence-electron chi connectivity index (χ4n) is 3.47. The van der Waals surface area contributed by atoms with Crippen LogP contribution in [0.25, 0.3) is 0 Å². The van der Waals surface area contributed by atoms with Crippen molar-refractivity contribution < 1.29 is 14.4 Å². The molecule has 140 valence electrons. The van der Waals surface area contributed by atoms with Crippen LogP contribution in [0, 0.1) is 0 Å². The summed E-state index contributed by atoms with van der Waals surface area (Å²) in [6, 6.07) is 5.73. The van der Waals surface area contributed by atoms with E-state index >= 15 is 0 Å². The highest BCUT2D eigenvalue weighted by Gasteiger charge is 2.39. The van der Waals surface area contributed by atoms with E-state index in [4.69, 9.17) is 0 Å². The van der Waals surface area contributed by atoms with E-state index in [1.807, 2.05) is 25.2 Å². The second-order valence-corrected chi connectivity index (χ2v) is 7.07. The van der Waals surface area contributed by atoms with E-state index in [-0.39, 0.29) is 24.1 Å². The van der Waals surface area contributed by atoms with Gasteiger partial charge in [-0.05, 0) is 50.6 Å². The van der Waals surface area contributed by atoms with Crippen LogP contribution in [-0.2, 0) is 22.7 Å². The van der Waals surface area contributed by atoms with Gasteiger partial charge in [-0.1, -0.05) is 12.1 Å². The second-order valence-electron chi connectivity index (χ2n) is 7.07. The van der Waals surface area contributed by atoms with Gasteiger partial charge in [0.1, 0.15) is 6.04 Å². The molecule has 0 bridgehead atoms. The molecule has 1 aromatic carbocycles. The monoisotopic (exact) mass is 358 g/mol. The van der Waals surface area contributed by atoms with Crippen LogP contribution in [0.2, 0.25) is 0 Å². The van der Waals surface area contributed by atoms with E-state index in [1.54, 1.807) is 4.90 Å². The summed E-state index contributed by atoms with van der Waals surface area (Å²) >= 11 is 0. The second kappa shape index (κ2) is 7.97. The lowest BCUT2D eigenvalue weighted by Crippen LogP contribution is -2.52. The SMILES string of the molecule is CNCCC(C)NCc1ccc2c(c1)C(=O)N(C1CCC(=O)NC1=O)C2.